The number of nitro benzene ring substituents is 1. The molecule has 0 spiro atoms. The Morgan fingerprint density at radius 1 is 1.20 bits per heavy atom. The topological polar surface area (TPSA) is 60.2 Å². The SMILES string of the molecule is C[N+](C)(Cc1cccc([N+](=O)[O-])c1)C(=O)/C=C/c1ccc(Cl)cc1Cl. The van der Waals surface area contributed by atoms with Crippen molar-refractivity contribution in [3.8, 4) is 0 Å². The fraction of sp³-hybridized carbons (Fsp3) is 0.167. The van der Waals surface area contributed by atoms with Gasteiger partial charge in [-0.1, -0.05) is 41.4 Å². The van der Waals surface area contributed by atoms with Crippen molar-refractivity contribution < 1.29 is 14.2 Å². The molecule has 1 amide bonds. The van der Waals surface area contributed by atoms with Gasteiger partial charge in [0.15, 0.2) is 0 Å². The second kappa shape index (κ2) is 7.78. The van der Waals surface area contributed by atoms with Crippen molar-refractivity contribution in [1.82, 2.24) is 0 Å². The van der Waals surface area contributed by atoms with Gasteiger partial charge in [-0.25, -0.2) is 4.79 Å². The summed E-state index contributed by atoms with van der Waals surface area (Å²) < 4.78 is 0.0167. The fourth-order valence-electron chi connectivity index (χ4n) is 2.30. The summed E-state index contributed by atoms with van der Waals surface area (Å²) in [7, 11) is 3.49. The summed E-state index contributed by atoms with van der Waals surface area (Å²) in [6.45, 7) is 0.333. The standard InChI is InChI=1S/C18H17Cl2N2O3/c1-22(2,12-13-4-3-5-16(10-13)21(24)25)18(23)9-7-14-6-8-15(19)11-17(14)20/h3-11H,12H2,1-2H3/q+1/b9-7+. The van der Waals surface area contributed by atoms with Gasteiger partial charge in [-0.15, -0.1) is 0 Å². The van der Waals surface area contributed by atoms with E-state index in [0.717, 1.165) is 0 Å². The number of quaternary nitrogens is 1. The Bertz CT molecular complexity index is 848. The molecule has 7 heteroatoms. The lowest BCUT2D eigenvalue weighted by Crippen LogP contribution is -2.43. The highest BCUT2D eigenvalue weighted by molar-refractivity contribution is 6.35. The first-order valence-corrected chi connectivity index (χ1v) is 8.18. The van der Waals surface area contributed by atoms with Crippen molar-refractivity contribution in [2.75, 3.05) is 14.1 Å². The monoisotopic (exact) mass is 379 g/mol. The maximum Gasteiger partial charge on any atom is 0.338 e. The molecule has 0 aliphatic heterocycles. The van der Waals surface area contributed by atoms with E-state index in [-0.39, 0.29) is 16.1 Å². The van der Waals surface area contributed by atoms with E-state index >= 15 is 0 Å². The molecule has 5 nitrogen and oxygen atoms in total. The zero-order valence-corrected chi connectivity index (χ0v) is 15.3. The van der Waals surface area contributed by atoms with Crippen LogP contribution in [0.25, 0.3) is 6.08 Å². The number of nitrogens with zero attached hydrogens (tertiary/aromatic N) is 2. The number of hydrogen-bond acceptors (Lipinski definition) is 3. The van der Waals surface area contributed by atoms with E-state index in [2.05, 4.69) is 0 Å². The van der Waals surface area contributed by atoms with E-state index in [9.17, 15) is 14.9 Å². The Balaban J connectivity index is 2.15. The smallest absolute Gasteiger partial charge is 0.258 e. The molecule has 0 aromatic heterocycles. The van der Waals surface area contributed by atoms with E-state index < -0.39 is 4.92 Å². The van der Waals surface area contributed by atoms with Gasteiger partial charge in [0, 0.05) is 33.8 Å². The lowest BCUT2D eigenvalue weighted by atomic mass is 10.1. The van der Waals surface area contributed by atoms with Crippen molar-refractivity contribution in [1.29, 1.82) is 0 Å². The molecule has 0 aliphatic rings. The molecule has 130 valence electrons. The summed E-state index contributed by atoms with van der Waals surface area (Å²) in [5.74, 6) is -0.155. The quantitative estimate of drug-likeness (QED) is 0.326. The third kappa shape index (κ3) is 5.13. The highest BCUT2D eigenvalue weighted by Gasteiger charge is 2.25. The van der Waals surface area contributed by atoms with Gasteiger partial charge in [0.1, 0.15) is 6.54 Å². The van der Waals surface area contributed by atoms with E-state index in [4.69, 9.17) is 23.2 Å². The van der Waals surface area contributed by atoms with Crippen LogP contribution in [0.3, 0.4) is 0 Å². The first-order valence-electron chi connectivity index (χ1n) is 7.43. The average Bonchev–Trinajstić information content (AvgIpc) is 2.53. The normalized spacial score (nSPS) is 11.7. The molecule has 0 N–H and O–H groups in total. The van der Waals surface area contributed by atoms with E-state index in [1.54, 1.807) is 50.5 Å². The minimum atomic E-state index is -0.451. The van der Waals surface area contributed by atoms with Crippen molar-refractivity contribution in [3.05, 3.63) is 79.8 Å². The van der Waals surface area contributed by atoms with Crippen LogP contribution >= 0.6 is 23.2 Å². The molecule has 2 rings (SSSR count). The highest BCUT2D eigenvalue weighted by Crippen LogP contribution is 2.22. The van der Waals surface area contributed by atoms with Crippen molar-refractivity contribution >= 4 is 40.9 Å². The number of benzene rings is 2. The van der Waals surface area contributed by atoms with Gasteiger partial charge < -0.3 is 0 Å². The molecule has 25 heavy (non-hydrogen) atoms. The molecule has 0 saturated heterocycles. The Labute approximate surface area is 155 Å². The number of non-ortho nitro benzene ring substituents is 1. The zero-order valence-electron chi connectivity index (χ0n) is 13.8. The van der Waals surface area contributed by atoms with Gasteiger partial charge in [-0.05, 0) is 23.8 Å². The van der Waals surface area contributed by atoms with Crippen LogP contribution in [0.15, 0.2) is 48.5 Å². The van der Waals surface area contributed by atoms with Gasteiger partial charge in [0.05, 0.1) is 19.0 Å². The second-order valence-corrected chi connectivity index (χ2v) is 6.95. The molecule has 0 unspecified atom stereocenters. The summed E-state index contributed by atoms with van der Waals surface area (Å²) >= 11 is 11.9. The molecule has 2 aromatic rings. The Kier molecular flexibility index (Phi) is 5.95. The number of carbonyl (C=O) groups excluding carboxylic acids is 1. The second-order valence-electron chi connectivity index (χ2n) is 6.11. The van der Waals surface area contributed by atoms with Gasteiger partial charge in [-0.3, -0.25) is 14.6 Å². The number of rotatable bonds is 5. The molecular weight excluding hydrogens is 363 g/mol. The molecule has 0 fully saturated rings. The Morgan fingerprint density at radius 3 is 2.56 bits per heavy atom. The number of nitro groups is 1. The van der Waals surface area contributed by atoms with Crippen LogP contribution in [0.2, 0.25) is 10.0 Å². The molecule has 0 atom stereocenters. The highest BCUT2D eigenvalue weighted by atomic mass is 35.5. The lowest BCUT2D eigenvalue weighted by molar-refractivity contribution is -0.825. The number of halogens is 2. The molecule has 0 bridgehead atoms. The van der Waals surface area contributed by atoms with Crippen molar-refractivity contribution in [3.63, 3.8) is 0 Å². The van der Waals surface area contributed by atoms with Crippen LogP contribution in [0.4, 0.5) is 5.69 Å². The zero-order chi connectivity index (χ0) is 18.6. The lowest BCUT2D eigenvalue weighted by Gasteiger charge is -2.25. The molecular formula is C18H17Cl2N2O3+. The predicted molar refractivity (Wildman–Crippen MR) is 99.4 cm³/mol. The summed E-state index contributed by atoms with van der Waals surface area (Å²) in [6, 6.07) is 11.3. The maximum absolute atomic E-state index is 12.5. The maximum atomic E-state index is 12.5. The van der Waals surface area contributed by atoms with Crippen molar-refractivity contribution in [2.24, 2.45) is 0 Å². The van der Waals surface area contributed by atoms with Crippen LogP contribution in [0.1, 0.15) is 11.1 Å². The Morgan fingerprint density at radius 2 is 1.92 bits per heavy atom. The molecule has 0 aliphatic carbocycles. The van der Waals surface area contributed by atoms with Crippen molar-refractivity contribution in [2.45, 2.75) is 6.54 Å². The van der Waals surface area contributed by atoms with Crippen LogP contribution in [0.5, 0.6) is 0 Å². The summed E-state index contributed by atoms with van der Waals surface area (Å²) in [5.41, 5.74) is 1.41. The molecule has 0 radical (unpaired) electrons. The first kappa shape index (κ1) is 19.1. The van der Waals surface area contributed by atoms with Gasteiger partial charge in [-0.2, -0.15) is 0 Å². The largest absolute Gasteiger partial charge is 0.338 e. The summed E-state index contributed by atoms with van der Waals surface area (Å²) in [5, 5.41) is 11.9. The number of likely N-dealkylation sites (N-methyl/N-ethyl adjacent to an activating group) is 1. The third-order valence-electron chi connectivity index (χ3n) is 3.66. The summed E-state index contributed by atoms with van der Waals surface area (Å²) in [6.07, 6.45) is 3.08. The van der Waals surface area contributed by atoms with Crippen LogP contribution in [-0.2, 0) is 11.3 Å². The van der Waals surface area contributed by atoms with E-state index in [1.165, 1.54) is 18.2 Å². The molecule has 0 heterocycles. The number of amides is 1. The molecule has 0 saturated carbocycles. The Hall–Kier alpha value is -2.21. The summed E-state index contributed by atoms with van der Waals surface area (Å²) in [4.78, 5) is 22.9. The first-order chi connectivity index (χ1) is 11.7. The third-order valence-corrected chi connectivity index (χ3v) is 4.23. The van der Waals surface area contributed by atoms with Crippen LogP contribution in [0, 0.1) is 10.1 Å². The predicted octanol–water partition coefficient (Wildman–Crippen LogP) is 4.72. The molecule has 2 aromatic carbocycles. The number of hydrogen-bond donors (Lipinski definition) is 0. The van der Waals surface area contributed by atoms with Gasteiger partial charge in [0.2, 0.25) is 0 Å². The minimum absolute atomic E-state index is 0.00781. The average molecular weight is 380 g/mol. The van der Waals surface area contributed by atoms with Gasteiger partial charge in [0.25, 0.3) is 5.69 Å². The van der Waals surface area contributed by atoms with Gasteiger partial charge >= 0.3 is 5.91 Å². The van der Waals surface area contributed by atoms with Crippen LogP contribution < -0.4 is 0 Å². The van der Waals surface area contributed by atoms with Crippen LogP contribution in [-0.4, -0.2) is 29.4 Å². The van der Waals surface area contributed by atoms with E-state index in [0.29, 0.717) is 27.7 Å². The number of carbonyl (C=O) groups is 1. The minimum Gasteiger partial charge on any atom is -0.258 e. The van der Waals surface area contributed by atoms with E-state index in [1.807, 2.05) is 0 Å². The fourth-order valence-corrected chi connectivity index (χ4v) is 2.77.